The number of aliphatic hydroxyl groups is 1. The van der Waals surface area contributed by atoms with Crippen molar-refractivity contribution in [2.45, 2.75) is 45.1 Å². The molecule has 2 unspecified atom stereocenters. The van der Waals surface area contributed by atoms with Crippen LogP contribution in [-0.4, -0.2) is 12.2 Å². The highest BCUT2D eigenvalue weighted by molar-refractivity contribution is 5.33. The van der Waals surface area contributed by atoms with Crippen LogP contribution in [0, 0.1) is 17.7 Å². The highest BCUT2D eigenvalue weighted by atomic mass is 19.1. The van der Waals surface area contributed by atoms with Gasteiger partial charge in [-0.3, -0.25) is 0 Å². The van der Waals surface area contributed by atoms with Gasteiger partial charge >= 0.3 is 0 Å². The summed E-state index contributed by atoms with van der Waals surface area (Å²) in [4.78, 5) is 0. The maximum atomic E-state index is 14.3. The van der Waals surface area contributed by atoms with Gasteiger partial charge in [0.1, 0.15) is 11.6 Å². The van der Waals surface area contributed by atoms with Crippen molar-refractivity contribution in [3.8, 4) is 5.75 Å². The smallest absolute Gasteiger partial charge is 0.132 e. The van der Waals surface area contributed by atoms with Crippen LogP contribution in [-0.2, 0) is 5.60 Å². The van der Waals surface area contributed by atoms with E-state index in [1.165, 1.54) is 13.2 Å². The van der Waals surface area contributed by atoms with E-state index in [9.17, 15) is 9.50 Å². The molecular formula is C16H23FO2. The third kappa shape index (κ3) is 2.62. The molecule has 0 bridgehead atoms. The Bertz CT molecular complexity index is 444. The van der Waals surface area contributed by atoms with Gasteiger partial charge in [0.25, 0.3) is 0 Å². The van der Waals surface area contributed by atoms with E-state index in [2.05, 4.69) is 13.8 Å². The van der Waals surface area contributed by atoms with Gasteiger partial charge in [-0.25, -0.2) is 4.39 Å². The normalized spacial score (nSPS) is 27.6. The molecule has 1 aromatic rings. The second kappa shape index (κ2) is 5.49. The first-order valence-corrected chi connectivity index (χ1v) is 7.05. The molecule has 0 saturated heterocycles. The van der Waals surface area contributed by atoms with E-state index < -0.39 is 5.60 Å². The number of halogens is 1. The number of hydrogen-bond donors (Lipinski definition) is 1. The molecule has 0 amide bonds. The van der Waals surface area contributed by atoms with Crippen LogP contribution in [0.2, 0.25) is 0 Å². The predicted octanol–water partition coefficient (Wildman–Crippen LogP) is 3.87. The Morgan fingerprint density at radius 2 is 2.11 bits per heavy atom. The fourth-order valence-electron chi connectivity index (χ4n) is 3.38. The number of hydrogen-bond acceptors (Lipinski definition) is 2. The molecule has 1 aliphatic carbocycles. The zero-order chi connectivity index (χ0) is 14.0. The molecule has 0 aromatic heterocycles. The maximum absolute atomic E-state index is 14.3. The van der Waals surface area contributed by atoms with Crippen molar-refractivity contribution in [2.24, 2.45) is 11.8 Å². The van der Waals surface area contributed by atoms with Crippen molar-refractivity contribution < 1.29 is 14.2 Å². The Morgan fingerprint density at radius 1 is 1.37 bits per heavy atom. The van der Waals surface area contributed by atoms with Crippen LogP contribution in [0.4, 0.5) is 4.39 Å². The Labute approximate surface area is 114 Å². The molecule has 19 heavy (non-hydrogen) atoms. The summed E-state index contributed by atoms with van der Waals surface area (Å²) >= 11 is 0. The minimum atomic E-state index is -1.04. The Kier molecular flexibility index (Phi) is 4.14. The minimum Gasteiger partial charge on any atom is -0.497 e. The van der Waals surface area contributed by atoms with Crippen LogP contribution in [0.15, 0.2) is 18.2 Å². The molecule has 3 heteroatoms. The Hall–Kier alpha value is -1.09. The zero-order valence-electron chi connectivity index (χ0n) is 11.9. The van der Waals surface area contributed by atoms with Gasteiger partial charge < -0.3 is 9.84 Å². The molecule has 0 spiro atoms. The molecule has 1 aliphatic rings. The van der Waals surface area contributed by atoms with Gasteiger partial charge in [-0.2, -0.15) is 0 Å². The van der Waals surface area contributed by atoms with Gasteiger partial charge in [-0.1, -0.05) is 26.7 Å². The van der Waals surface area contributed by atoms with Crippen molar-refractivity contribution in [3.05, 3.63) is 29.6 Å². The van der Waals surface area contributed by atoms with Crippen LogP contribution < -0.4 is 4.74 Å². The van der Waals surface area contributed by atoms with E-state index in [0.717, 1.165) is 19.3 Å². The van der Waals surface area contributed by atoms with Crippen molar-refractivity contribution in [2.75, 3.05) is 7.11 Å². The molecular weight excluding hydrogens is 243 g/mol. The van der Waals surface area contributed by atoms with E-state index in [0.29, 0.717) is 23.7 Å². The SMILES string of the molecule is COc1ccc(C2(O)CCCCC2C(C)C)c(F)c1. The zero-order valence-corrected chi connectivity index (χ0v) is 11.9. The van der Waals surface area contributed by atoms with Crippen LogP contribution in [0.3, 0.4) is 0 Å². The molecule has 106 valence electrons. The Balaban J connectivity index is 2.41. The van der Waals surface area contributed by atoms with Crippen LogP contribution in [0.25, 0.3) is 0 Å². The molecule has 2 atom stereocenters. The highest BCUT2D eigenvalue weighted by Crippen LogP contribution is 2.46. The molecule has 2 nitrogen and oxygen atoms in total. The average molecular weight is 266 g/mol. The first kappa shape index (κ1) is 14.3. The molecule has 1 N–H and O–H groups in total. The second-order valence-corrected chi connectivity index (χ2v) is 5.87. The standard InChI is InChI=1S/C16H23FO2/c1-11(2)13-6-4-5-9-16(13,18)14-8-7-12(19-3)10-15(14)17/h7-8,10-11,13,18H,4-6,9H2,1-3H3. The number of ether oxygens (including phenoxy) is 1. The fourth-order valence-corrected chi connectivity index (χ4v) is 3.38. The van der Waals surface area contributed by atoms with Crippen molar-refractivity contribution in [1.82, 2.24) is 0 Å². The molecule has 1 saturated carbocycles. The van der Waals surface area contributed by atoms with Crippen LogP contribution in [0.5, 0.6) is 5.75 Å². The summed E-state index contributed by atoms with van der Waals surface area (Å²) < 4.78 is 19.3. The van der Waals surface area contributed by atoms with E-state index >= 15 is 0 Å². The first-order valence-electron chi connectivity index (χ1n) is 7.05. The maximum Gasteiger partial charge on any atom is 0.132 e. The largest absolute Gasteiger partial charge is 0.497 e. The summed E-state index contributed by atoms with van der Waals surface area (Å²) in [7, 11) is 1.51. The van der Waals surface area contributed by atoms with E-state index in [1.807, 2.05) is 0 Å². The highest BCUT2D eigenvalue weighted by Gasteiger charge is 2.43. The quantitative estimate of drug-likeness (QED) is 0.900. The number of benzene rings is 1. The lowest BCUT2D eigenvalue weighted by Gasteiger charge is -2.42. The molecule has 1 fully saturated rings. The summed E-state index contributed by atoms with van der Waals surface area (Å²) in [5.41, 5.74) is -0.616. The van der Waals surface area contributed by atoms with Crippen LogP contribution in [0.1, 0.15) is 45.1 Å². The van der Waals surface area contributed by atoms with Crippen LogP contribution >= 0.6 is 0 Å². The van der Waals surface area contributed by atoms with Gasteiger partial charge in [-0.05, 0) is 36.8 Å². The van der Waals surface area contributed by atoms with Gasteiger partial charge in [-0.15, -0.1) is 0 Å². The monoisotopic (exact) mass is 266 g/mol. The number of rotatable bonds is 3. The lowest BCUT2D eigenvalue weighted by molar-refractivity contribution is -0.0745. The van der Waals surface area contributed by atoms with E-state index in [1.54, 1.807) is 12.1 Å². The second-order valence-electron chi connectivity index (χ2n) is 5.87. The van der Waals surface area contributed by atoms with Gasteiger partial charge in [0, 0.05) is 11.6 Å². The molecule has 1 aromatic carbocycles. The van der Waals surface area contributed by atoms with Gasteiger partial charge in [0.15, 0.2) is 0 Å². The fraction of sp³-hybridized carbons (Fsp3) is 0.625. The lowest BCUT2D eigenvalue weighted by atomic mass is 9.67. The van der Waals surface area contributed by atoms with Crippen molar-refractivity contribution >= 4 is 0 Å². The molecule has 0 radical (unpaired) electrons. The third-order valence-corrected chi connectivity index (χ3v) is 4.38. The summed E-state index contributed by atoms with van der Waals surface area (Å²) in [6, 6.07) is 4.76. The first-order chi connectivity index (χ1) is 8.99. The van der Waals surface area contributed by atoms with Gasteiger partial charge in [0.05, 0.1) is 12.7 Å². The predicted molar refractivity (Wildman–Crippen MR) is 73.6 cm³/mol. The summed E-state index contributed by atoms with van der Waals surface area (Å²) in [5, 5.41) is 11.0. The Morgan fingerprint density at radius 3 is 2.68 bits per heavy atom. The molecule has 0 aliphatic heterocycles. The topological polar surface area (TPSA) is 29.5 Å². The van der Waals surface area contributed by atoms with Crippen molar-refractivity contribution in [1.29, 1.82) is 0 Å². The number of methoxy groups -OCH3 is 1. The van der Waals surface area contributed by atoms with Crippen molar-refractivity contribution in [3.63, 3.8) is 0 Å². The molecule has 2 rings (SSSR count). The summed E-state index contributed by atoms with van der Waals surface area (Å²) in [6.45, 7) is 4.20. The van der Waals surface area contributed by atoms with E-state index in [4.69, 9.17) is 4.74 Å². The summed E-state index contributed by atoms with van der Waals surface area (Å²) in [5.74, 6) is 0.576. The third-order valence-electron chi connectivity index (χ3n) is 4.38. The van der Waals surface area contributed by atoms with E-state index in [-0.39, 0.29) is 11.7 Å². The molecule has 0 heterocycles. The lowest BCUT2D eigenvalue weighted by Crippen LogP contribution is -2.41. The minimum absolute atomic E-state index is 0.115. The summed E-state index contributed by atoms with van der Waals surface area (Å²) in [6.07, 6.45) is 3.66. The van der Waals surface area contributed by atoms with Gasteiger partial charge in [0.2, 0.25) is 0 Å². The average Bonchev–Trinajstić information content (AvgIpc) is 2.38.